The van der Waals surface area contributed by atoms with E-state index in [0.717, 1.165) is 109 Å². The van der Waals surface area contributed by atoms with Crippen molar-refractivity contribution in [2.24, 2.45) is 0 Å². The number of anilines is 2. The van der Waals surface area contributed by atoms with Crippen LogP contribution < -0.4 is 10.1 Å². The zero-order valence-corrected chi connectivity index (χ0v) is 28.6. The second-order valence-electron chi connectivity index (χ2n) is 13.5. The lowest BCUT2D eigenvalue weighted by molar-refractivity contribution is 0.301. The summed E-state index contributed by atoms with van der Waals surface area (Å²) in [7, 11) is 0. The molecule has 8 heteroatoms. The summed E-state index contributed by atoms with van der Waals surface area (Å²) in [5, 5.41) is 7.81. The Bertz CT molecular complexity index is 1820. The van der Waals surface area contributed by atoms with E-state index in [-0.39, 0.29) is 0 Å². The van der Waals surface area contributed by atoms with Crippen LogP contribution in [-0.4, -0.2) is 51.1 Å². The Hall–Kier alpha value is -4.53. The minimum atomic E-state index is 0.346. The van der Waals surface area contributed by atoms with E-state index in [1.807, 2.05) is 13.8 Å². The van der Waals surface area contributed by atoms with Crippen LogP contribution in [0.2, 0.25) is 0 Å². The van der Waals surface area contributed by atoms with Crippen molar-refractivity contribution in [2.75, 3.05) is 31.5 Å². The van der Waals surface area contributed by atoms with E-state index in [9.17, 15) is 0 Å². The van der Waals surface area contributed by atoms with Gasteiger partial charge in [-0.1, -0.05) is 65.8 Å². The van der Waals surface area contributed by atoms with Gasteiger partial charge >= 0.3 is 0 Å². The Morgan fingerprint density at radius 3 is 1.92 bits per heavy atom. The molecule has 2 aliphatic heterocycles. The Kier molecular flexibility index (Phi) is 9.54. The molecule has 0 amide bonds. The maximum Gasteiger partial charge on any atom is 0.146 e. The average molecular weight is 643 g/mol. The minimum absolute atomic E-state index is 0.346. The maximum atomic E-state index is 6.58. The molecule has 48 heavy (non-hydrogen) atoms. The van der Waals surface area contributed by atoms with Gasteiger partial charge in [-0.05, 0) is 76.9 Å². The predicted octanol–water partition coefficient (Wildman–Crippen LogP) is 8.00. The number of pyridine rings is 2. The van der Waals surface area contributed by atoms with Crippen molar-refractivity contribution in [3.8, 4) is 5.75 Å². The summed E-state index contributed by atoms with van der Waals surface area (Å²) in [6.07, 6.45) is 2.20. The number of benzene rings is 2. The summed E-state index contributed by atoms with van der Waals surface area (Å²) >= 11 is 0. The summed E-state index contributed by atoms with van der Waals surface area (Å²) in [6, 6.07) is 27.9. The first-order valence-electron chi connectivity index (χ1n) is 17.2. The molecule has 2 atom stereocenters. The second-order valence-corrected chi connectivity index (χ2v) is 13.5. The molecule has 5 aromatic rings. The van der Waals surface area contributed by atoms with E-state index in [1.54, 1.807) is 0 Å². The van der Waals surface area contributed by atoms with Gasteiger partial charge < -0.3 is 14.6 Å². The largest absolute Gasteiger partial charge is 0.486 e. The molecule has 0 bridgehead atoms. The minimum Gasteiger partial charge on any atom is -0.486 e. The van der Waals surface area contributed by atoms with E-state index in [1.165, 1.54) is 11.1 Å². The first-order chi connectivity index (χ1) is 23.4. The molecular weight excluding hydrogens is 596 g/mol. The Labute approximate surface area is 284 Å². The van der Waals surface area contributed by atoms with Gasteiger partial charge in [-0.25, -0.2) is 0 Å². The number of ether oxygens (including phenoxy) is 1. The van der Waals surface area contributed by atoms with Gasteiger partial charge in [0.2, 0.25) is 0 Å². The predicted molar refractivity (Wildman–Crippen MR) is 190 cm³/mol. The molecule has 7 rings (SSSR count). The van der Waals surface area contributed by atoms with E-state index in [2.05, 4.69) is 113 Å². The molecule has 2 aliphatic rings. The number of nitrogens with zero attached hydrogens (tertiary/aromatic N) is 5. The van der Waals surface area contributed by atoms with Crippen LogP contribution in [0.4, 0.5) is 11.4 Å². The van der Waals surface area contributed by atoms with E-state index >= 15 is 0 Å². The summed E-state index contributed by atoms with van der Waals surface area (Å²) in [5.41, 5.74) is 10.5. The number of aromatic nitrogens is 3. The lowest BCUT2D eigenvalue weighted by Crippen LogP contribution is -2.20. The summed E-state index contributed by atoms with van der Waals surface area (Å²) in [4.78, 5) is 15.3. The molecule has 0 saturated carbocycles. The summed E-state index contributed by atoms with van der Waals surface area (Å²) in [5.74, 6) is 2.35. The van der Waals surface area contributed by atoms with Crippen molar-refractivity contribution in [2.45, 2.75) is 72.1 Å². The average Bonchev–Trinajstić information content (AvgIpc) is 3.84. The number of rotatable bonds is 11. The van der Waals surface area contributed by atoms with Gasteiger partial charge in [-0.15, -0.1) is 0 Å². The molecule has 0 aliphatic carbocycles. The molecule has 5 heterocycles. The van der Waals surface area contributed by atoms with Crippen molar-refractivity contribution in [1.82, 2.24) is 24.9 Å². The quantitative estimate of drug-likeness (QED) is 0.155. The molecule has 248 valence electrons. The van der Waals surface area contributed by atoms with Crippen molar-refractivity contribution in [1.29, 1.82) is 0 Å². The number of hydrogen-bond acceptors (Lipinski definition) is 8. The van der Waals surface area contributed by atoms with Gasteiger partial charge in [-0.2, -0.15) is 0 Å². The second kappa shape index (κ2) is 14.3. The molecule has 0 radical (unpaired) electrons. The van der Waals surface area contributed by atoms with Gasteiger partial charge in [-0.3, -0.25) is 19.8 Å². The van der Waals surface area contributed by atoms with Crippen LogP contribution in [0.25, 0.3) is 0 Å². The SMILES string of the molecule is Cc1nc(C2CCN(Cc3ccccc3)C2)ccc1Nc1c(OCc2c(C)noc2C)cc(C2CCN(Cc3ccccc3)C2)nc1C. The van der Waals surface area contributed by atoms with Gasteiger partial charge in [0.05, 0.1) is 28.3 Å². The lowest BCUT2D eigenvalue weighted by atomic mass is 10.0. The molecule has 2 aromatic carbocycles. The van der Waals surface area contributed by atoms with Gasteiger partial charge in [0.1, 0.15) is 23.8 Å². The first kappa shape index (κ1) is 32.0. The molecule has 2 unspecified atom stereocenters. The monoisotopic (exact) mass is 642 g/mol. The molecule has 8 nitrogen and oxygen atoms in total. The fourth-order valence-corrected chi connectivity index (χ4v) is 7.19. The molecule has 0 spiro atoms. The van der Waals surface area contributed by atoms with Crippen molar-refractivity contribution < 1.29 is 9.26 Å². The third kappa shape index (κ3) is 7.30. The first-order valence-corrected chi connectivity index (χ1v) is 17.2. The highest BCUT2D eigenvalue weighted by Gasteiger charge is 2.28. The van der Waals surface area contributed by atoms with Crippen LogP contribution in [0.1, 0.15) is 75.6 Å². The van der Waals surface area contributed by atoms with Crippen molar-refractivity contribution >= 4 is 11.4 Å². The van der Waals surface area contributed by atoms with E-state index < -0.39 is 0 Å². The zero-order chi connectivity index (χ0) is 33.0. The molecular formula is C40H46N6O2. The van der Waals surface area contributed by atoms with Crippen LogP contribution in [0.3, 0.4) is 0 Å². The third-order valence-corrected chi connectivity index (χ3v) is 9.98. The summed E-state index contributed by atoms with van der Waals surface area (Å²) < 4.78 is 12.0. The van der Waals surface area contributed by atoms with Gasteiger partial charge in [0, 0.05) is 55.5 Å². The molecule has 1 N–H and O–H groups in total. The fourth-order valence-electron chi connectivity index (χ4n) is 7.19. The smallest absolute Gasteiger partial charge is 0.146 e. The number of nitrogens with one attached hydrogen (secondary N) is 1. The topological polar surface area (TPSA) is 79.5 Å². The highest BCUT2D eigenvalue weighted by molar-refractivity contribution is 5.70. The van der Waals surface area contributed by atoms with E-state index in [0.29, 0.717) is 18.4 Å². The Balaban J connectivity index is 1.09. The van der Waals surface area contributed by atoms with Crippen LogP contribution >= 0.6 is 0 Å². The summed E-state index contributed by atoms with van der Waals surface area (Å²) in [6.45, 7) is 14.5. The van der Waals surface area contributed by atoms with Crippen molar-refractivity contribution in [3.05, 3.63) is 130 Å². The third-order valence-electron chi connectivity index (χ3n) is 9.98. The Morgan fingerprint density at radius 2 is 1.33 bits per heavy atom. The zero-order valence-electron chi connectivity index (χ0n) is 28.6. The van der Waals surface area contributed by atoms with Crippen molar-refractivity contribution in [3.63, 3.8) is 0 Å². The molecule has 2 saturated heterocycles. The normalized spacial score (nSPS) is 18.4. The van der Waals surface area contributed by atoms with E-state index in [4.69, 9.17) is 19.2 Å². The Morgan fingerprint density at radius 1 is 0.729 bits per heavy atom. The van der Waals surface area contributed by atoms with Crippen LogP contribution in [-0.2, 0) is 19.7 Å². The number of hydrogen-bond donors (Lipinski definition) is 1. The number of aryl methyl sites for hydroxylation is 4. The standard InChI is InChI=1S/C40H46N6O2/c1-27-35(30(4)48-44-27)26-47-39-21-38(34-18-20-46(25-34)23-32-13-9-6-10-14-32)42-29(3)40(39)43-36-15-16-37(41-28(36)2)33-17-19-45(24-33)22-31-11-7-5-8-12-31/h5-16,21,33-34,43H,17-20,22-26H2,1-4H3. The highest BCUT2D eigenvalue weighted by Crippen LogP contribution is 2.38. The van der Waals surface area contributed by atoms with Crippen LogP contribution in [0.15, 0.2) is 83.4 Å². The highest BCUT2D eigenvalue weighted by atomic mass is 16.5. The van der Waals surface area contributed by atoms with Gasteiger partial charge in [0.15, 0.2) is 0 Å². The molecule has 3 aromatic heterocycles. The fraction of sp³-hybridized carbons (Fsp3) is 0.375. The van der Waals surface area contributed by atoms with Crippen LogP contribution in [0, 0.1) is 27.7 Å². The van der Waals surface area contributed by atoms with Gasteiger partial charge in [0.25, 0.3) is 0 Å². The lowest BCUT2D eigenvalue weighted by Gasteiger charge is -2.21. The maximum absolute atomic E-state index is 6.58. The molecule has 2 fully saturated rings. The van der Waals surface area contributed by atoms with Crippen LogP contribution in [0.5, 0.6) is 5.75 Å². The number of likely N-dealkylation sites (tertiary alicyclic amines) is 2.